The van der Waals surface area contributed by atoms with E-state index < -0.39 is 35.1 Å². The lowest BCUT2D eigenvalue weighted by Crippen LogP contribution is -2.71. The summed E-state index contributed by atoms with van der Waals surface area (Å²) in [5, 5.41) is 19.8. The van der Waals surface area contributed by atoms with E-state index in [4.69, 9.17) is 16.3 Å². The summed E-state index contributed by atoms with van der Waals surface area (Å²) in [6.07, 6.45) is 3.61. The largest absolute Gasteiger partial charge is 0.543 e. The van der Waals surface area contributed by atoms with Gasteiger partial charge in [0.15, 0.2) is 5.13 Å². The summed E-state index contributed by atoms with van der Waals surface area (Å²) in [5.41, 5.74) is 11.6. The number of imidazole rings is 1. The molecule has 3 amide bonds. The van der Waals surface area contributed by atoms with Gasteiger partial charge in [0.2, 0.25) is 28.6 Å². The number of fused-ring (bicyclic) bond motifs is 2. The summed E-state index contributed by atoms with van der Waals surface area (Å²) in [5.74, 6) is -3.10. The second kappa shape index (κ2) is 10.6. The number of carbonyl (C=O) groups excluding carboxylic acids is 4. The summed E-state index contributed by atoms with van der Waals surface area (Å²) in [6, 6.07) is -1.01. The summed E-state index contributed by atoms with van der Waals surface area (Å²) >= 11 is 3.59. The van der Waals surface area contributed by atoms with Gasteiger partial charge >= 0.3 is 0 Å². The second-order valence-electron chi connectivity index (χ2n) is 8.41. The van der Waals surface area contributed by atoms with Crippen LogP contribution in [0.5, 0.6) is 0 Å². The van der Waals surface area contributed by atoms with Crippen molar-refractivity contribution in [1.29, 1.82) is 0 Å². The molecule has 0 aromatic carbocycles. The molecule has 0 radical (unpaired) electrons. The van der Waals surface area contributed by atoms with Gasteiger partial charge < -0.3 is 31.5 Å². The van der Waals surface area contributed by atoms with E-state index in [-0.39, 0.29) is 47.7 Å². The fourth-order valence-electron chi connectivity index (χ4n) is 4.19. The van der Waals surface area contributed by atoms with Gasteiger partial charge in [-0.1, -0.05) is 16.5 Å². The molecule has 2 aliphatic heterocycles. The molecular formula is C21H21N9O6S3. The number of aromatic nitrogens is 4. The van der Waals surface area contributed by atoms with Crippen molar-refractivity contribution < 1.29 is 33.7 Å². The van der Waals surface area contributed by atoms with Crippen LogP contribution in [-0.4, -0.2) is 71.8 Å². The Balaban J connectivity index is 1.34. The summed E-state index contributed by atoms with van der Waals surface area (Å²) < 4.78 is 7.54. The first-order valence-corrected chi connectivity index (χ1v) is 14.1. The predicted octanol–water partition coefficient (Wildman–Crippen LogP) is -2.41. The maximum atomic E-state index is 13.1. The molecule has 204 valence electrons. The second-order valence-corrected chi connectivity index (χ2v) is 11.2. The third-order valence-corrected chi connectivity index (χ3v) is 8.63. The van der Waals surface area contributed by atoms with Crippen molar-refractivity contribution in [2.45, 2.75) is 31.3 Å². The number of carbonyl (C=O) groups is 4. The number of carboxylic acids is 1. The van der Waals surface area contributed by atoms with Crippen LogP contribution in [0.25, 0.3) is 4.83 Å². The number of hydrogen-bond donors (Lipinski definition) is 3. The van der Waals surface area contributed by atoms with Crippen molar-refractivity contribution in [3.05, 3.63) is 40.7 Å². The molecule has 0 unspecified atom stereocenters. The van der Waals surface area contributed by atoms with Gasteiger partial charge in [-0.25, -0.2) is 4.57 Å². The Morgan fingerprint density at radius 1 is 1.38 bits per heavy atom. The molecule has 5 N–H and O–H groups in total. The van der Waals surface area contributed by atoms with Crippen LogP contribution < -0.4 is 26.5 Å². The molecular weight excluding hydrogens is 570 g/mol. The van der Waals surface area contributed by atoms with Gasteiger partial charge in [0.1, 0.15) is 36.5 Å². The Morgan fingerprint density at radius 2 is 2.18 bits per heavy atom. The van der Waals surface area contributed by atoms with Crippen LogP contribution >= 0.6 is 34.6 Å². The number of thiazole rings is 1. The Morgan fingerprint density at radius 3 is 2.85 bits per heavy atom. The summed E-state index contributed by atoms with van der Waals surface area (Å²) in [7, 11) is 0. The minimum absolute atomic E-state index is 0.0514. The number of amides is 3. The van der Waals surface area contributed by atoms with Crippen molar-refractivity contribution in [2.75, 3.05) is 18.1 Å². The highest BCUT2D eigenvalue weighted by molar-refractivity contribution is 8.00. The summed E-state index contributed by atoms with van der Waals surface area (Å²) in [4.78, 5) is 60.4. The van der Waals surface area contributed by atoms with Crippen LogP contribution in [0.15, 0.2) is 34.3 Å². The lowest BCUT2D eigenvalue weighted by molar-refractivity contribution is -0.687. The highest BCUT2D eigenvalue weighted by Gasteiger charge is 2.53. The van der Waals surface area contributed by atoms with E-state index in [0.717, 1.165) is 21.3 Å². The number of anilines is 1. The molecule has 0 bridgehead atoms. The van der Waals surface area contributed by atoms with Crippen molar-refractivity contribution in [3.8, 4) is 0 Å². The average Bonchev–Trinajstić information content (AvgIpc) is 3.59. The van der Waals surface area contributed by atoms with E-state index in [1.54, 1.807) is 22.2 Å². The first-order valence-electron chi connectivity index (χ1n) is 11.4. The molecule has 0 saturated carbocycles. The van der Waals surface area contributed by atoms with Crippen molar-refractivity contribution in [1.82, 2.24) is 24.0 Å². The van der Waals surface area contributed by atoms with E-state index in [1.807, 2.05) is 11.6 Å². The minimum atomic E-state index is -1.50. The molecule has 0 aliphatic carbocycles. The Kier molecular flexibility index (Phi) is 7.23. The van der Waals surface area contributed by atoms with E-state index in [9.17, 15) is 24.3 Å². The molecule has 3 aromatic heterocycles. The van der Waals surface area contributed by atoms with Crippen LogP contribution in [-0.2, 0) is 37.0 Å². The molecule has 2 atom stereocenters. The summed E-state index contributed by atoms with van der Waals surface area (Å²) in [6.45, 7) is 2.03. The third kappa shape index (κ3) is 5.04. The first-order chi connectivity index (χ1) is 18.7. The molecule has 1 fully saturated rings. The van der Waals surface area contributed by atoms with Crippen molar-refractivity contribution in [2.24, 2.45) is 10.9 Å². The van der Waals surface area contributed by atoms with E-state index in [1.165, 1.54) is 23.1 Å². The zero-order valence-electron chi connectivity index (χ0n) is 20.2. The number of rotatable bonds is 10. The Hall–Kier alpha value is -4.03. The fourth-order valence-corrected chi connectivity index (χ4v) is 6.89. The van der Waals surface area contributed by atoms with Crippen LogP contribution in [0, 0.1) is 0 Å². The maximum absolute atomic E-state index is 13.1. The number of thioether (sulfide) groups is 1. The fraction of sp³-hybridized carbons (Fsp3) is 0.333. The molecule has 18 heteroatoms. The molecule has 15 nitrogen and oxygen atoms in total. The van der Waals surface area contributed by atoms with Gasteiger partial charge in [-0.15, -0.1) is 11.8 Å². The predicted molar refractivity (Wildman–Crippen MR) is 138 cm³/mol. The van der Waals surface area contributed by atoms with Gasteiger partial charge in [0, 0.05) is 28.2 Å². The van der Waals surface area contributed by atoms with Gasteiger partial charge in [0.25, 0.3) is 11.8 Å². The monoisotopic (exact) mass is 591 g/mol. The number of hydrogen-bond acceptors (Lipinski definition) is 13. The number of aliphatic carboxylic acids is 1. The van der Waals surface area contributed by atoms with Crippen molar-refractivity contribution in [3.63, 3.8) is 0 Å². The quantitative estimate of drug-likeness (QED) is 0.0983. The number of β-lactam (4-membered cyclic amide) rings is 1. The lowest BCUT2D eigenvalue weighted by Gasteiger charge is -2.50. The zero-order valence-corrected chi connectivity index (χ0v) is 22.7. The number of nitrogen functional groups attached to an aromatic ring is 1. The van der Waals surface area contributed by atoms with Crippen LogP contribution in [0.4, 0.5) is 5.13 Å². The van der Waals surface area contributed by atoms with Gasteiger partial charge in [-0.3, -0.25) is 19.3 Å². The highest BCUT2D eigenvalue weighted by atomic mass is 32.2. The number of nitrogens with one attached hydrogen (secondary N) is 1. The van der Waals surface area contributed by atoms with Gasteiger partial charge in [-0.05, 0) is 6.92 Å². The Labute approximate surface area is 232 Å². The molecule has 39 heavy (non-hydrogen) atoms. The highest BCUT2D eigenvalue weighted by Crippen LogP contribution is 2.40. The van der Waals surface area contributed by atoms with E-state index in [2.05, 4.69) is 19.8 Å². The zero-order chi connectivity index (χ0) is 27.8. The number of nitrogens with zero attached hydrogens (tertiary/aromatic N) is 6. The number of oxime groups is 1. The SMILES string of the molecule is CCO/N=C(\C(=O)N[C@@H]1C(=O)N2C(C(=O)[O-])=C(C[n+]3cc4scc(CC(N)=O)n4c3)CS[C@H]12)c1nsc(N)n1. The molecule has 1 saturated heterocycles. The first kappa shape index (κ1) is 26.6. The molecule has 5 rings (SSSR count). The van der Waals surface area contributed by atoms with Crippen LogP contribution in [0.1, 0.15) is 18.4 Å². The number of primary amides is 1. The van der Waals surface area contributed by atoms with E-state index in [0.29, 0.717) is 11.3 Å². The lowest BCUT2D eigenvalue weighted by atomic mass is 10.0. The van der Waals surface area contributed by atoms with E-state index >= 15 is 0 Å². The number of carboxylic acid groups (broad SMARTS) is 1. The van der Waals surface area contributed by atoms with Crippen LogP contribution in [0.2, 0.25) is 0 Å². The smallest absolute Gasteiger partial charge is 0.278 e. The van der Waals surface area contributed by atoms with Crippen LogP contribution in [0.3, 0.4) is 0 Å². The minimum Gasteiger partial charge on any atom is -0.543 e. The third-order valence-electron chi connectivity index (χ3n) is 5.81. The molecule has 3 aromatic rings. The Bertz CT molecular complexity index is 1560. The van der Waals surface area contributed by atoms with Crippen molar-refractivity contribution >= 4 is 74.0 Å². The van der Waals surface area contributed by atoms with Gasteiger partial charge in [0.05, 0.1) is 18.1 Å². The molecule has 2 aliphatic rings. The number of nitrogens with two attached hydrogens (primary N) is 2. The molecule has 5 heterocycles. The maximum Gasteiger partial charge on any atom is 0.278 e. The normalized spacial score (nSPS) is 19.2. The molecule has 0 spiro atoms. The topological polar surface area (TPSA) is 214 Å². The standard InChI is InChI=1S/C21H21N9O6S3/c1-2-36-26-13(16-25-21(23)39-27-16)17(32)24-14-18(33)30-15(20(34)35)9(6-38-19(14)30)4-28-5-12-29(8-28)10(7-37-12)3-11(22)31/h5,7-8,14,19H,2-4,6H2,1H3,(H5-,22,23,24,25,27,31,32,34,35)/b26-13-/t14-,19-/m1/s1. The van der Waals surface area contributed by atoms with Gasteiger partial charge in [-0.2, -0.15) is 13.8 Å². The average molecular weight is 592 g/mol.